The molecule has 27 heavy (non-hydrogen) atoms. The molecule has 0 spiro atoms. The van der Waals surface area contributed by atoms with E-state index >= 15 is 0 Å². The summed E-state index contributed by atoms with van der Waals surface area (Å²) in [6.07, 6.45) is 0.859. The van der Waals surface area contributed by atoms with Gasteiger partial charge in [0, 0.05) is 13.0 Å². The fourth-order valence-corrected chi connectivity index (χ4v) is 3.38. The summed E-state index contributed by atoms with van der Waals surface area (Å²) < 4.78 is 44.2. The van der Waals surface area contributed by atoms with E-state index in [2.05, 4.69) is 5.32 Å². The maximum Gasteiger partial charge on any atom is 0.232 e. The molecular weight excluding hydrogens is 371 g/mol. The van der Waals surface area contributed by atoms with Crippen LogP contribution in [0.25, 0.3) is 0 Å². The Labute approximate surface area is 159 Å². The maximum absolute atomic E-state index is 13.4. The van der Waals surface area contributed by atoms with Crippen molar-refractivity contribution < 1.29 is 22.3 Å². The highest BCUT2D eigenvalue weighted by Crippen LogP contribution is 2.25. The summed E-state index contributed by atoms with van der Waals surface area (Å²) in [4.78, 5) is 12.3. The predicted octanol–water partition coefficient (Wildman–Crippen LogP) is 3.41. The molecule has 6 nitrogen and oxygen atoms in total. The number of carbonyl (C=O) groups excluding carboxylic acids is 1. The van der Waals surface area contributed by atoms with Gasteiger partial charge in [-0.3, -0.25) is 9.10 Å². The molecule has 2 aromatic rings. The Balaban J connectivity index is 2.09. The van der Waals surface area contributed by atoms with Gasteiger partial charge in [-0.15, -0.1) is 0 Å². The highest BCUT2D eigenvalue weighted by Gasteiger charge is 2.19. The number of halogens is 1. The number of para-hydroxylation sites is 2. The van der Waals surface area contributed by atoms with Gasteiger partial charge in [0.2, 0.25) is 15.9 Å². The molecule has 1 amide bonds. The Kier molecular flexibility index (Phi) is 6.79. The zero-order chi connectivity index (χ0) is 20.0. The normalized spacial score (nSPS) is 11.3. The lowest BCUT2D eigenvalue weighted by atomic mass is 10.2. The first-order valence-electron chi connectivity index (χ1n) is 8.45. The molecule has 0 atom stereocenters. The van der Waals surface area contributed by atoms with Gasteiger partial charge in [0.05, 0.1) is 23.7 Å². The van der Waals surface area contributed by atoms with Gasteiger partial charge in [-0.05, 0) is 44.2 Å². The van der Waals surface area contributed by atoms with Crippen molar-refractivity contribution in [1.82, 2.24) is 0 Å². The van der Waals surface area contributed by atoms with Crippen LogP contribution >= 0.6 is 0 Å². The van der Waals surface area contributed by atoms with Crippen LogP contribution in [0.2, 0.25) is 0 Å². The van der Waals surface area contributed by atoms with Crippen LogP contribution in [0, 0.1) is 5.82 Å². The lowest BCUT2D eigenvalue weighted by molar-refractivity contribution is -0.116. The van der Waals surface area contributed by atoms with Crippen molar-refractivity contribution in [2.24, 2.45) is 0 Å². The van der Waals surface area contributed by atoms with Crippen molar-refractivity contribution >= 4 is 27.3 Å². The second-order valence-electron chi connectivity index (χ2n) is 6.28. The van der Waals surface area contributed by atoms with E-state index in [4.69, 9.17) is 4.74 Å². The highest BCUT2D eigenvalue weighted by molar-refractivity contribution is 7.92. The maximum atomic E-state index is 13.4. The van der Waals surface area contributed by atoms with Crippen molar-refractivity contribution in [2.75, 3.05) is 22.4 Å². The number of benzene rings is 2. The van der Waals surface area contributed by atoms with Gasteiger partial charge < -0.3 is 10.1 Å². The van der Waals surface area contributed by atoms with Crippen LogP contribution in [-0.4, -0.2) is 33.2 Å². The van der Waals surface area contributed by atoms with E-state index in [0.717, 1.165) is 16.6 Å². The third-order valence-electron chi connectivity index (χ3n) is 3.56. The number of nitrogens with zero attached hydrogens (tertiary/aromatic N) is 1. The van der Waals surface area contributed by atoms with Gasteiger partial charge in [-0.2, -0.15) is 0 Å². The van der Waals surface area contributed by atoms with Gasteiger partial charge in [-0.25, -0.2) is 12.8 Å². The topological polar surface area (TPSA) is 75.7 Å². The highest BCUT2D eigenvalue weighted by atomic mass is 32.2. The summed E-state index contributed by atoms with van der Waals surface area (Å²) in [5.74, 6) is -0.392. The lowest BCUT2D eigenvalue weighted by Gasteiger charge is -2.22. The SMILES string of the molecule is CC(C)Oc1ccccc1NC(=O)CCN(c1cccc(F)c1)S(C)(=O)=O. The van der Waals surface area contributed by atoms with E-state index in [-0.39, 0.29) is 30.7 Å². The summed E-state index contributed by atoms with van der Waals surface area (Å²) in [7, 11) is -3.67. The van der Waals surface area contributed by atoms with Gasteiger partial charge in [-0.1, -0.05) is 18.2 Å². The fraction of sp³-hybridized carbons (Fsp3) is 0.316. The molecule has 0 aromatic heterocycles. The first-order valence-corrected chi connectivity index (χ1v) is 10.3. The first kappa shape index (κ1) is 20.7. The van der Waals surface area contributed by atoms with E-state index in [1.54, 1.807) is 24.3 Å². The van der Waals surface area contributed by atoms with Crippen molar-refractivity contribution in [3.63, 3.8) is 0 Å². The van der Waals surface area contributed by atoms with Crippen molar-refractivity contribution in [1.29, 1.82) is 0 Å². The lowest BCUT2D eigenvalue weighted by Crippen LogP contribution is -2.33. The number of hydrogen-bond donors (Lipinski definition) is 1. The van der Waals surface area contributed by atoms with Crippen LogP contribution in [-0.2, 0) is 14.8 Å². The van der Waals surface area contributed by atoms with Crippen molar-refractivity contribution in [3.05, 3.63) is 54.3 Å². The van der Waals surface area contributed by atoms with Gasteiger partial charge in [0.15, 0.2) is 0 Å². The van der Waals surface area contributed by atoms with E-state index in [1.807, 2.05) is 13.8 Å². The summed E-state index contributed by atoms with van der Waals surface area (Å²) in [6, 6.07) is 12.2. The first-order chi connectivity index (χ1) is 12.7. The molecule has 0 fully saturated rings. The van der Waals surface area contributed by atoms with Gasteiger partial charge in [0.25, 0.3) is 0 Å². The molecule has 2 rings (SSSR count). The zero-order valence-electron chi connectivity index (χ0n) is 15.5. The molecule has 0 aliphatic heterocycles. The average Bonchev–Trinajstić information content (AvgIpc) is 2.55. The average molecular weight is 394 g/mol. The fourth-order valence-electron chi connectivity index (χ4n) is 2.46. The van der Waals surface area contributed by atoms with E-state index in [1.165, 1.54) is 18.2 Å². The predicted molar refractivity (Wildman–Crippen MR) is 104 cm³/mol. The molecule has 0 aliphatic rings. The van der Waals surface area contributed by atoms with Gasteiger partial charge >= 0.3 is 0 Å². The van der Waals surface area contributed by atoms with Crippen LogP contribution in [0.3, 0.4) is 0 Å². The number of amides is 1. The minimum atomic E-state index is -3.67. The molecule has 0 saturated heterocycles. The summed E-state index contributed by atoms with van der Waals surface area (Å²) in [5, 5.41) is 2.73. The minimum absolute atomic E-state index is 0.0586. The monoisotopic (exact) mass is 394 g/mol. The molecule has 8 heteroatoms. The number of carbonyl (C=O) groups is 1. The number of anilines is 2. The van der Waals surface area contributed by atoms with Crippen LogP contribution < -0.4 is 14.4 Å². The van der Waals surface area contributed by atoms with E-state index in [9.17, 15) is 17.6 Å². The molecule has 0 unspecified atom stereocenters. The molecule has 1 N–H and O–H groups in total. The van der Waals surface area contributed by atoms with E-state index in [0.29, 0.717) is 11.4 Å². The molecule has 0 radical (unpaired) electrons. The van der Waals surface area contributed by atoms with Crippen LogP contribution in [0.1, 0.15) is 20.3 Å². The van der Waals surface area contributed by atoms with Crippen LogP contribution in [0.15, 0.2) is 48.5 Å². The summed E-state index contributed by atoms with van der Waals surface area (Å²) >= 11 is 0. The van der Waals surface area contributed by atoms with E-state index < -0.39 is 15.8 Å². The smallest absolute Gasteiger partial charge is 0.232 e. The Morgan fingerprint density at radius 2 is 1.89 bits per heavy atom. The minimum Gasteiger partial charge on any atom is -0.489 e. The summed E-state index contributed by atoms with van der Waals surface area (Å²) in [6.45, 7) is 3.64. The standard InChI is InChI=1S/C19H23FN2O4S/c1-14(2)26-18-10-5-4-9-17(18)21-19(23)11-12-22(27(3,24)25)16-8-6-7-15(20)13-16/h4-10,13-14H,11-12H2,1-3H3,(H,21,23). The molecular formula is C19H23FN2O4S. The molecule has 0 bridgehead atoms. The molecule has 146 valence electrons. The zero-order valence-corrected chi connectivity index (χ0v) is 16.3. The number of nitrogens with one attached hydrogen (secondary N) is 1. The molecule has 0 aliphatic carbocycles. The third-order valence-corrected chi connectivity index (χ3v) is 4.76. The quantitative estimate of drug-likeness (QED) is 0.745. The second-order valence-corrected chi connectivity index (χ2v) is 8.18. The third kappa shape index (κ3) is 6.25. The number of sulfonamides is 1. The number of rotatable bonds is 8. The van der Waals surface area contributed by atoms with Crippen LogP contribution in [0.4, 0.5) is 15.8 Å². The molecule has 0 saturated carbocycles. The number of hydrogen-bond acceptors (Lipinski definition) is 4. The Morgan fingerprint density at radius 3 is 2.52 bits per heavy atom. The Bertz CT molecular complexity index is 900. The van der Waals surface area contributed by atoms with Crippen molar-refractivity contribution in [2.45, 2.75) is 26.4 Å². The second kappa shape index (κ2) is 8.85. The van der Waals surface area contributed by atoms with Crippen LogP contribution in [0.5, 0.6) is 5.75 Å². The Morgan fingerprint density at radius 1 is 1.19 bits per heavy atom. The summed E-state index contributed by atoms with van der Waals surface area (Å²) in [5.41, 5.74) is 0.682. The molecule has 0 heterocycles. The Hall–Kier alpha value is -2.61. The largest absolute Gasteiger partial charge is 0.489 e. The number of ether oxygens (including phenoxy) is 1. The van der Waals surface area contributed by atoms with Gasteiger partial charge in [0.1, 0.15) is 11.6 Å². The molecule has 2 aromatic carbocycles. The van der Waals surface area contributed by atoms with Crippen molar-refractivity contribution in [3.8, 4) is 5.75 Å².